The van der Waals surface area contributed by atoms with E-state index in [9.17, 15) is 0 Å². The molecule has 0 fully saturated rings. The number of nitrogens with two attached hydrogens (primary N) is 1. The molecule has 24 heavy (non-hydrogen) atoms. The molecule has 3 N–H and O–H groups in total. The second-order valence-corrected chi connectivity index (χ2v) is 6.02. The minimum Gasteiger partial charge on any atom is -0.370 e. The van der Waals surface area contributed by atoms with E-state index in [4.69, 9.17) is 5.73 Å². The number of guanidine groups is 1. The van der Waals surface area contributed by atoms with Crippen molar-refractivity contribution in [3.8, 4) is 0 Å². The van der Waals surface area contributed by atoms with Crippen molar-refractivity contribution in [3.63, 3.8) is 0 Å². The maximum absolute atomic E-state index is 5.96. The third kappa shape index (κ3) is 6.42. The SMILES string of the molecule is CCc1cccc(NC(N)=NCCCN(C)Cc2ccccc2)c1. The summed E-state index contributed by atoms with van der Waals surface area (Å²) in [4.78, 5) is 6.72. The minimum atomic E-state index is 0.481. The molecule has 0 spiro atoms. The minimum absolute atomic E-state index is 0.481. The lowest BCUT2D eigenvalue weighted by Gasteiger charge is -2.16. The number of aliphatic imine (C=N–C) groups is 1. The van der Waals surface area contributed by atoms with Crippen molar-refractivity contribution < 1.29 is 0 Å². The van der Waals surface area contributed by atoms with Crippen LogP contribution in [-0.2, 0) is 13.0 Å². The molecule has 2 rings (SSSR count). The molecule has 0 bridgehead atoms. The number of rotatable bonds is 8. The molecule has 2 aromatic rings. The monoisotopic (exact) mass is 324 g/mol. The highest BCUT2D eigenvalue weighted by atomic mass is 15.1. The Balaban J connectivity index is 1.70. The zero-order valence-corrected chi connectivity index (χ0v) is 14.7. The van der Waals surface area contributed by atoms with E-state index >= 15 is 0 Å². The van der Waals surface area contributed by atoms with Gasteiger partial charge >= 0.3 is 0 Å². The molecule has 4 heteroatoms. The van der Waals surface area contributed by atoms with Crippen LogP contribution in [0.25, 0.3) is 0 Å². The summed E-state index contributed by atoms with van der Waals surface area (Å²) in [6, 6.07) is 18.8. The fourth-order valence-corrected chi connectivity index (χ4v) is 2.57. The lowest BCUT2D eigenvalue weighted by molar-refractivity contribution is 0.324. The van der Waals surface area contributed by atoms with Gasteiger partial charge in [0, 0.05) is 18.8 Å². The van der Waals surface area contributed by atoms with Crippen molar-refractivity contribution in [2.45, 2.75) is 26.3 Å². The summed E-state index contributed by atoms with van der Waals surface area (Å²) < 4.78 is 0. The summed E-state index contributed by atoms with van der Waals surface area (Å²) in [5, 5.41) is 3.16. The van der Waals surface area contributed by atoms with Gasteiger partial charge < -0.3 is 16.0 Å². The first-order chi connectivity index (χ1) is 11.7. The first kappa shape index (κ1) is 18.0. The van der Waals surface area contributed by atoms with Crippen LogP contribution in [0.15, 0.2) is 59.6 Å². The molecular weight excluding hydrogens is 296 g/mol. The Morgan fingerprint density at radius 2 is 1.83 bits per heavy atom. The summed E-state index contributed by atoms with van der Waals surface area (Å²) in [5.74, 6) is 0.481. The molecule has 0 aliphatic rings. The summed E-state index contributed by atoms with van der Waals surface area (Å²) in [6.07, 6.45) is 2.00. The normalized spacial score (nSPS) is 11.7. The predicted molar refractivity (Wildman–Crippen MR) is 103 cm³/mol. The molecule has 0 unspecified atom stereocenters. The Kier molecular flexibility index (Phi) is 7.30. The van der Waals surface area contributed by atoms with Gasteiger partial charge in [0.25, 0.3) is 0 Å². The van der Waals surface area contributed by atoms with Gasteiger partial charge in [-0.2, -0.15) is 0 Å². The molecule has 0 aliphatic heterocycles. The number of benzene rings is 2. The van der Waals surface area contributed by atoms with E-state index in [2.05, 4.69) is 65.6 Å². The van der Waals surface area contributed by atoms with Crippen LogP contribution in [0.2, 0.25) is 0 Å². The van der Waals surface area contributed by atoms with Gasteiger partial charge in [0.1, 0.15) is 0 Å². The van der Waals surface area contributed by atoms with Gasteiger partial charge in [0.2, 0.25) is 0 Å². The molecule has 4 nitrogen and oxygen atoms in total. The van der Waals surface area contributed by atoms with Crippen molar-refractivity contribution in [3.05, 3.63) is 65.7 Å². The van der Waals surface area contributed by atoms with Gasteiger partial charge in [0.15, 0.2) is 5.96 Å². The number of nitrogens with zero attached hydrogens (tertiary/aromatic N) is 2. The number of hydrogen-bond donors (Lipinski definition) is 2. The lowest BCUT2D eigenvalue weighted by atomic mass is 10.1. The Labute approximate surface area is 145 Å². The van der Waals surface area contributed by atoms with Gasteiger partial charge in [0.05, 0.1) is 0 Å². The van der Waals surface area contributed by atoms with E-state index in [0.717, 1.165) is 38.2 Å². The maximum Gasteiger partial charge on any atom is 0.193 e. The Morgan fingerprint density at radius 1 is 1.08 bits per heavy atom. The maximum atomic E-state index is 5.96. The van der Waals surface area contributed by atoms with E-state index in [1.165, 1.54) is 11.1 Å². The molecule has 0 atom stereocenters. The zero-order chi connectivity index (χ0) is 17.2. The Morgan fingerprint density at radius 3 is 2.58 bits per heavy atom. The summed E-state index contributed by atoms with van der Waals surface area (Å²) >= 11 is 0. The molecule has 0 radical (unpaired) electrons. The van der Waals surface area contributed by atoms with Crippen molar-refractivity contribution in [2.24, 2.45) is 10.7 Å². The van der Waals surface area contributed by atoms with Crippen LogP contribution in [0.5, 0.6) is 0 Å². The number of nitrogens with one attached hydrogen (secondary N) is 1. The molecule has 2 aromatic carbocycles. The van der Waals surface area contributed by atoms with Gasteiger partial charge in [-0.05, 0) is 49.7 Å². The summed E-state index contributed by atoms with van der Waals surface area (Å²) in [7, 11) is 2.13. The van der Waals surface area contributed by atoms with E-state index in [1.54, 1.807) is 0 Å². The van der Waals surface area contributed by atoms with Crippen LogP contribution in [0.4, 0.5) is 5.69 Å². The quantitative estimate of drug-likeness (QED) is 0.444. The van der Waals surface area contributed by atoms with Crippen LogP contribution in [0.1, 0.15) is 24.5 Å². The molecule has 0 saturated carbocycles. The second-order valence-electron chi connectivity index (χ2n) is 6.02. The average Bonchev–Trinajstić information content (AvgIpc) is 2.60. The first-order valence-electron chi connectivity index (χ1n) is 8.55. The topological polar surface area (TPSA) is 53.6 Å². The number of hydrogen-bond acceptors (Lipinski definition) is 2. The van der Waals surface area contributed by atoms with Gasteiger partial charge in [-0.1, -0.05) is 49.4 Å². The summed E-state index contributed by atoms with van der Waals surface area (Å²) in [5.41, 5.74) is 9.58. The fourth-order valence-electron chi connectivity index (χ4n) is 2.57. The van der Waals surface area contributed by atoms with Crippen molar-refractivity contribution in [1.29, 1.82) is 0 Å². The second kappa shape index (κ2) is 9.73. The third-order valence-corrected chi connectivity index (χ3v) is 3.88. The smallest absolute Gasteiger partial charge is 0.193 e. The highest BCUT2D eigenvalue weighted by Gasteiger charge is 2.00. The van der Waals surface area contributed by atoms with E-state index in [-0.39, 0.29) is 0 Å². The molecule has 0 saturated heterocycles. The van der Waals surface area contributed by atoms with Gasteiger partial charge in [-0.25, -0.2) is 0 Å². The van der Waals surface area contributed by atoms with Crippen molar-refractivity contribution >= 4 is 11.6 Å². The van der Waals surface area contributed by atoms with E-state index in [0.29, 0.717) is 5.96 Å². The molecule has 0 heterocycles. The lowest BCUT2D eigenvalue weighted by Crippen LogP contribution is -2.24. The Bertz CT molecular complexity index is 637. The van der Waals surface area contributed by atoms with Crippen LogP contribution < -0.4 is 11.1 Å². The number of anilines is 1. The molecule has 0 aliphatic carbocycles. The van der Waals surface area contributed by atoms with Crippen molar-refractivity contribution in [1.82, 2.24) is 4.90 Å². The van der Waals surface area contributed by atoms with Crippen LogP contribution in [-0.4, -0.2) is 31.0 Å². The number of aryl methyl sites for hydroxylation is 1. The van der Waals surface area contributed by atoms with E-state index < -0.39 is 0 Å². The zero-order valence-electron chi connectivity index (χ0n) is 14.7. The van der Waals surface area contributed by atoms with Crippen LogP contribution >= 0.6 is 0 Å². The first-order valence-corrected chi connectivity index (χ1v) is 8.55. The third-order valence-electron chi connectivity index (χ3n) is 3.88. The molecular formula is C20H28N4. The summed E-state index contributed by atoms with van der Waals surface area (Å²) in [6.45, 7) is 4.83. The standard InChI is InChI=1S/C20H28N4/c1-3-17-11-7-12-19(15-17)23-20(21)22-13-8-14-24(2)16-18-9-5-4-6-10-18/h4-7,9-12,15H,3,8,13-14,16H2,1-2H3,(H3,21,22,23). The van der Waals surface area contributed by atoms with Gasteiger partial charge in [-0.3, -0.25) is 4.99 Å². The average molecular weight is 324 g/mol. The largest absolute Gasteiger partial charge is 0.370 e. The van der Waals surface area contributed by atoms with Crippen LogP contribution in [0, 0.1) is 0 Å². The molecule has 0 aromatic heterocycles. The van der Waals surface area contributed by atoms with Gasteiger partial charge in [-0.15, -0.1) is 0 Å². The van der Waals surface area contributed by atoms with Crippen molar-refractivity contribution in [2.75, 3.05) is 25.5 Å². The molecule has 128 valence electrons. The highest BCUT2D eigenvalue weighted by molar-refractivity contribution is 5.92. The highest BCUT2D eigenvalue weighted by Crippen LogP contribution is 2.10. The fraction of sp³-hybridized carbons (Fsp3) is 0.350. The Hall–Kier alpha value is -2.33. The van der Waals surface area contributed by atoms with E-state index in [1.807, 2.05) is 18.2 Å². The molecule has 0 amide bonds. The van der Waals surface area contributed by atoms with Crippen LogP contribution in [0.3, 0.4) is 0 Å². The predicted octanol–water partition coefficient (Wildman–Crippen LogP) is 3.50.